The van der Waals surface area contributed by atoms with Crippen LogP contribution in [0.5, 0.6) is 0 Å². The average Bonchev–Trinajstić information content (AvgIpc) is 2.72. The molecule has 0 bridgehead atoms. The van der Waals surface area contributed by atoms with E-state index in [0.29, 0.717) is 12.1 Å². The molecule has 0 unspecified atom stereocenters. The van der Waals surface area contributed by atoms with Crippen LogP contribution in [-0.4, -0.2) is 32.0 Å². The number of nitrogens with one attached hydrogen (secondary N) is 3. The van der Waals surface area contributed by atoms with Crippen molar-refractivity contribution in [3.63, 3.8) is 0 Å². The number of aryl methyl sites for hydroxylation is 1. The summed E-state index contributed by atoms with van der Waals surface area (Å²) in [6, 6.07) is 16.2. The average molecular weight is 508 g/mol. The van der Waals surface area contributed by atoms with E-state index in [0.717, 1.165) is 43.9 Å². The minimum absolute atomic E-state index is 0. The molecule has 0 saturated carbocycles. The van der Waals surface area contributed by atoms with Crippen molar-refractivity contribution in [2.45, 2.75) is 39.7 Å². The predicted molar refractivity (Wildman–Crippen MR) is 132 cm³/mol. The molecule has 0 fully saturated rings. The molecule has 6 heteroatoms. The number of benzene rings is 2. The van der Waals surface area contributed by atoms with Crippen LogP contribution in [0.4, 0.5) is 0 Å². The quantitative estimate of drug-likeness (QED) is 0.207. The topological polar surface area (TPSA) is 65.5 Å². The fraction of sp³-hybridized carbons (Fsp3) is 0.391. The summed E-state index contributed by atoms with van der Waals surface area (Å²) in [4.78, 5) is 16.5. The van der Waals surface area contributed by atoms with Crippen LogP contribution in [0.2, 0.25) is 0 Å². The van der Waals surface area contributed by atoms with Crippen LogP contribution in [-0.2, 0) is 13.0 Å². The van der Waals surface area contributed by atoms with Crippen LogP contribution in [0.15, 0.2) is 53.5 Å². The number of carbonyl (C=O) groups excluding carboxylic acids is 1. The van der Waals surface area contributed by atoms with Gasteiger partial charge in [0.05, 0.1) is 6.54 Å². The van der Waals surface area contributed by atoms with Crippen LogP contribution in [0, 0.1) is 6.92 Å². The fourth-order valence-electron chi connectivity index (χ4n) is 2.76. The van der Waals surface area contributed by atoms with Crippen LogP contribution in [0.1, 0.15) is 46.8 Å². The van der Waals surface area contributed by atoms with Gasteiger partial charge in [-0.05, 0) is 43.0 Å². The summed E-state index contributed by atoms with van der Waals surface area (Å²) in [5, 5.41) is 9.48. The number of amides is 1. The minimum atomic E-state index is -0.0589. The summed E-state index contributed by atoms with van der Waals surface area (Å²) in [7, 11) is 1.65. The number of carbonyl (C=O) groups is 1. The predicted octanol–water partition coefficient (Wildman–Crippen LogP) is 4.05. The van der Waals surface area contributed by atoms with Gasteiger partial charge in [0.25, 0.3) is 5.91 Å². The first-order valence-electron chi connectivity index (χ1n) is 10.0. The maximum absolute atomic E-state index is 11.8. The van der Waals surface area contributed by atoms with Crippen LogP contribution >= 0.6 is 24.0 Å². The molecule has 3 N–H and O–H groups in total. The van der Waals surface area contributed by atoms with Crippen molar-refractivity contribution in [1.82, 2.24) is 16.0 Å². The first-order valence-corrected chi connectivity index (χ1v) is 10.0. The number of hydrogen-bond acceptors (Lipinski definition) is 2. The van der Waals surface area contributed by atoms with Gasteiger partial charge in [-0.1, -0.05) is 55.3 Å². The van der Waals surface area contributed by atoms with Gasteiger partial charge in [0, 0.05) is 25.7 Å². The second kappa shape index (κ2) is 14.0. The summed E-state index contributed by atoms with van der Waals surface area (Å²) in [6.45, 7) is 6.57. The molecule has 2 rings (SSSR count). The summed E-state index contributed by atoms with van der Waals surface area (Å²) in [6.07, 6.45) is 3.08. The smallest absolute Gasteiger partial charge is 0.251 e. The summed E-state index contributed by atoms with van der Waals surface area (Å²) in [5.41, 5.74) is 4.26. The fourth-order valence-corrected chi connectivity index (χ4v) is 2.76. The van der Waals surface area contributed by atoms with E-state index in [1.165, 1.54) is 11.1 Å². The number of rotatable bonds is 9. The molecule has 0 aliphatic carbocycles. The molecule has 0 aromatic heterocycles. The second-order valence-corrected chi connectivity index (χ2v) is 6.89. The Morgan fingerprint density at radius 2 is 1.72 bits per heavy atom. The molecule has 2 aromatic rings. The Labute approximate surface area is 191 Å². The van der Waals surface area contributed by atoms with Crippen molar-refractivity contribution >= 4 is 35.8 Å². The van der Waals surface area contributed by atoms with Crippen molar-refractivity contribution in [2.24, 2.45) is 4.99 Å². The van der Waals surface area contributed by atoms with E-state index in [1.54, 1.807) is 7.05 Å². The molecular weight excluding hydrogens is 475 g/mol. The van der Waals surface area contributed by atoms with E-state index in [-0.39, 0.29) is 29.9 Å². The number of nitrogens with zero attached hydrogens (tertiary/aromatic N) is 1. The molecule has 0 aliphatic heterocycles. The lowest BCUT2D eigenvalue weighted by molar-refractivity contribution is 0.0963. The molecule has 5 nitrogen and oxygen atoms in total. The number of guanidine groups is 1. The molecule has 0 spiro atoms. The molecular formula is C23H33IN4O. The molecule has 2 aromatic carbocycles. The van der Waals surface area contributed by atoms with Gasteiger partial charge in [-0.15, -0.1) is 24.0 Å². The largest absolute Gasteiger partial charge is 0.356 e. The van der Waals surface area contributed by atoms with Crippen LogP contribution in [0.25, 0.3) is 0 Å². The van der Waals surface area contributed by atoms with Crippen molar-refractivity contribution in [3.05, 3.63) is 70.8 Å². The molecule has 0 radical (unpaired) electrons. The Kier molecular flexibility index (Phi) is 12.0. The second-order valence-electron chi connectivity index (χ2n) is 6.89. The highest BCUT2D eigenvalue weighted by Gasteiger charge is 2.04. The molecule has 0 heterocycles. The van der Waals surface area contributed by atoms with Gasteiger partial charge in [-0.25, -0.2) is 4.99 Å². The highest BCUT2D eigenvalue weighted by atomic mass is 127. The van der Waals surface area contributed by atoms with Gasteiger partial charge in [0.2, 0.25) is 0 Å². The van der Waals surface area contributed by atoms with E-state index in [9.17, 15) is 4.79 Å². The number of halogens is 1. The van der Waals surface area contributed by atoms with E-state index in [2.05, 4.69) is 54.1 Å². The van der Waals surface area contributed by atoms with Crippen molar-refractivity contribution in [3.8, 4) is 0 Å². The van der Waals surface area contributed by atoms with Gasteiger partial charge >= 0.3 is 0 Å². The zero-order valence-corrected chi connectivity index (χ0v) is 20.0. The summed E-state index contributed by atoms with van der Waals surface area (Å²) in [5.74, 6) is 0.771. The first-order chi connectivity index (χ1) is 13.6. The summed E-state index contributed by atoms with van der Waals surface area (Å²) < 4.78 is 0. The molecule has 0 atom stereocenters. The highest BCUT2D eigenvalue weighted by Crippen LogP contribution is 2.06. The van der Waals surface area contributed by atoms with Crippen LogP contribution < -0.4 is 16.0 Å². The third-order valence-electron chi connectivity index (χ3n) is 4.49. The van der Waals surface area contributed by atoms with Crippen molar-refractivity contribution in [2.75, 3.05) is 20.1 Å². The van der Waals surface area contributed by atoms with E-state index >= 15 is 0 Å². The monoisotopic (exact) mass is 508 g/mol. The van der Waals surface area contributed by atoms with Crippen molar-refractivity contribution in [1.29, 1.82) is 0 Å². The normalized spacial score (nSPS) is 10.8. The Morgan fingerprint density at radius 1 is 1.00 bits per heavy atom. The lowest BCUT2D eigenvalue weighted by atomic mass is 10.1. The lowest BCUT2D eigenvalue weighted by Crippen LogP contribution is -2.39. The first kappa shape index (κ1) is 24.9. The Morgan fingerprint density at radius 3 is 2.41 bits per heavy atom. The third-order valence-corrected chi connectivity index (χ3v) is 4.49. The zero-order chi connectivity index (χ0) is 20.2. The van der Waals surface area contributed by atoms with Crippen LogP contribution in [0.3, 0.4) is 0 Å². The van der Waals surface area contributed by atoms with Gasteiger partial charge in [0.15, 0.2) is 5.96 Å². The van der Waals surface area contributed by atoms with Gasteiger partial charge in [-0.2, -0.15) is 0 Å². The molecule has 158 valence electrons. The molecule has 0 aliphatic rings. The number of unbranched alkanes of at least 4 members (excludes halogenated alkanes) is 1. The SMILES string of the molecule is CCCCNC(=NCc1ccc(C)cc1)NCCc1cccc(C(=O)NC)c1.I. The van der Waals surface area contributed by atoms with Gasteiger partial charge in [-0.3, -0.25) is 4.79 Å². The van der Waals surface area contributed by atoms with E-state index in [4.69, 9.17) is 4.99 Å². The Hall–Kier alpha value is -2.09. The minimum Gasteiger partial charge on any atom is -0.356 e. The molecule has 0 saturated heterocycles. The molecule has 29 heavy (non-hydrogen) atoms. The molecule has 1 amide bonds. The van der Waals surface area contributed by atoms with E-state index < -0.39 is 0 Å². The Balaban J connectivity index is 0.00000420. The lowest BCUT2D eigenvalue weighted by Gasteiger charge is -2.13. The van der Waals surface area contributed by atoms with Gasteiger partial charge < -0.3 is 16.0 Å². The number of aliphatic imine (C=N–C) groups is 1. The highest BCUT2D eigenvalue weighted by molar-refractivity contribution is 14.0. The maximum atomic E-state index is 11.8. The number of hydrogen-bond donors (Lipinski definition) is 3. The summed E-state index contributed by atoms with van der Waals surface area (Å²) >= 11 is 0. The third kappa shape index (κ3) is 9.30. The van der Waals surface area contributed by atoms with E-state index in [1.807, 2.05) is 24.3 Å². The van der Waals surface area contributed by atoms with Gasteiger partial charge in [0.1, 0.15) is 0 Å². The maximum Gasteiger partial charge on any atom is 0.251 e. The zero-order valence-electron chi connectivity index (χ0n) is 17.6. The Bertz CT molecular complexity index is 775. The van der Waals surface area contributed by atoms with Crippen molar-refractivity contribution < 1.29 is 4.79 Å². The standard InChI is InChI=1S/C23H32N4O.HI/c1-4-5-14-25-23(27-17-20-11-9-18(2)10-12-20)26-15-13-19-7-6-8-21(16-19)22(28)24-3;/h6-12,16H,4-5,13-15,17H2,1-3H3,(H,24,28)(H2,25,26,27);1H.